The third-order valence-corrected chi connectivity index (χ3v) is 4.09. The Morgan fingerprint density at radius 2 is 1.89 bits per heavy atom. The Hall–Kier alpha value is -2.64. The number of amides is 1. The molecule has 6 nitrogen and oxygen atoms in total. The van der Waals surface area contributed by atoms with Gasteiger partial charge in [-0.1, -0.05) is 24.9 Å². The molecule has 8 heteroatoms. The molecular formula is C19H18ClN2O4S-. The topological polar surface area (TPSA) is 90.5 Å². The predicted molar refractivity (Wildman–Crippen MR) is 106 cm³/mol. The molecule has 0 atom stereocenters. The summed E-state index contributed by atoms with van der Waals surface area (Å²) in [5, 5.41) is 16.3. The van der Waals surface area contributed by atoms with E-state index in [0.717, 1.165) is 12.8 Å². The van der Waals surface area contributed by atoms with E-state index < -0.39 is 11.9 Å². The number of halogens is 1. The van der Waals surface area contributed by atoms with Crippen molar-refractivity contribution >= 4 is 46.5 Å². The van der Waals surface area contributed by atoms with E-state index >= 15 is 0 Å². The van der Waals surface area contributed by atoms with E-state index in [9.17, 15) is 14.7 Å². The van der Waals surface area contributed by atoms with E-state index in [1.807, 2.05) is 0 Å². The van der Waals surface area contributed by atoms with E-state index in [4.69, 9.17) is 28.6 Å². The molecule has 0 fully saturated rings. The summed E-state index contributed by atoms with van der Waals surface area (Å²) in [5.41, 5.74) is 0.603. The highest BCUT2D eigenvalue weighted by atomic mass is 35.5. The minimum absolute atomic E-state index is 0.0230. The van der Waals surface area contributed by atoms with Crippen molar-refractivity contribution in [1.82, 2.24) is 5.32 Å². The lowest BCUT2D eigenvalue weighted by Gasteiger charge is -2.12. The number of rotatable bonds is 7. The number of carbonyl (C=O) groups excluding carboxylic acids is 2. The molecule has 0 bridgehead atoms. The Labute approximate surface area is 167 Å². The molecule has 27 heavy (non-hydrogen) atoms. The first-order valence-electron chi connectivity index (χ1n) is 8.26. The number of ether oxygens (including phenoxy) is 1. The number of thiocarbonyl (C=S) groups is 1. The van der Waals surface area contributed by atoms with Crippen LogP contribution in [0.3, 0.4) is 0 Å². The average Bonchev–Trinajstić information content (AvgIpc) is 2.63. The van der Waals surface area contributed by atoms with Gasteiger partial charge in [-0.15, -0.1) is 0 Å². The van der Waals surface area contributed by atoms with Crippen LogP contribution in [-0.2, 0) is 0 Å². The first-order valence-corrected chi connectivity index (χ1v) is 9.05. The van der Waals surface area contributed by atoms with E-state index in [-0.39, 0.29) is 15.7 Å². The van der Waals surface area contributed by atoms with E-state index in [2.05, 4.69) is 17.6 Å². The summed E-state index contributed by atoms with van der Waals surface area (Å²) >= 11 is 10.9. The van der Waals surface area contributed by atoms with Gasteiger partial charge in [-0.3, -0.25) is 10.1 Å². The Morgan fingerprint density at radius 3 is 2.52 bits per heavy atom. The summed E-state index contributed by atoms with van der Waals surface area (Å²) in [6, 6.07) is 10.9. The molecule has 0 aromatic heterocycles. The van der Waals surface area contributed by atoms with Crippen LogP contribution in [0.5, 0.6) is 5.75 Å². The Bertz CT molecular complexity index is 840. The number of hydrogen-bond donors (Lipinski definition) is 2. The number of benzene rings is 2. The van der Waals surface area contributed by atoms with Crippen molar-refractivity contribution in [2.45, 2.75) is 19.8 Å². The molecule has 0 spiro atoms. The molecule has 0 saturated carbocycles. The minimum Gasteiger partial charge on any atom is -0.545 e. The monoisotopic (exact) mass is 405 g/mol. The van der Waals surface area contributed by atoms with Gasteiger partial charge in [-0.2, -0.15) is 0 Å². The smallest absolute Gasteiger partial charge is 0.257 e. The van der Waals surface area contributed by atoms with Crippen LogP contribution in [0.2, 0.25) is 5.02 Å². The summed E-state index contributed by atoms with van der Waals surface area (Å²) in [5.74, 6) is -1.11. The second-order valence-electron chi connectivity index (χ2n) is 5.62. The lowest BCUT2D eigenvalue weighted by molar-refractivity contribution is -0.255. The van der Waals surface area contributed by atoms with Gasteiger partial charge in [0.15, 0.2) is 5.11 Å². The predicted octanol–water partition coefficient (Wildman–Crippen LogP) is 3.01. The third-order valence-electron chi connectivity index (χ3n) is 3.55. The van der Waals surface area contributed by atoms with Crippen LogP contribution in [0.25, 0.3) is 0 Å². The summed E-state index contributed by atoms with van der Waals surface area (Å²) in [7, 11) is 0. The van der Waals surface area contributed by atoms with Crippen molar-refractivity contribution < 1.29 is 19.4 Å². The fraction of sp³-hybridized carbons (Fsp3) is 0.211. The fourth-order valence-corrected chi connectivity index (χ4v) is 2.54. The van der Waals surface area contributed by atoms with Gasteiger partial charge in [-0.05, 0) is 61.1 Å². The number of carboxylic acid groups (broad SMARTS) is 1. The second kappa shape index (κ2) is 9.89. The van der Waals surface area contributed by atoms with Gasteiger partial charge in [0.1, 0.15) is 5.75 Å². The zero-order valence-electron chi connectivity index (χ0n) is 14.6. The summed E-state index contributed by atoms with van der Waals surface area (Å²) in [6.07, 6.45) is 2.01. The lowest BCUT2D eigenvalue weighted by Crippen LogP contribution is -2.34. The zero-order valence-corrected chi connectivity index (χ0v) is 16.2. The van der Waals surface area contributed by atoms with Crippen molar-refractivity contribution in [2.24, 2.45) is 0 Å². The number of carboxylic acids is 1. The van der Waals surface area contributed by atoms with E-state index in [0.29, 0.717) is 23.6 Å². The van der Waals surface area contributed by atoms with Crippen LogP contribution < -0.4 is 20.5 Å². The Balaban J connectivity index is 1.94. The molecule has 2 N–H and O–H groups in total. The first kappa shape index (κ1) is 20.7. The van der Waals surface area contributed by atoms with Crippen molar-refractivity contribution in [3.63, 3.8) is 0 Å². The van der Waals surface area contributed by atoms with Gasteiger partial charge >= 0.3 is 0 Å². The normalized spacial score (nSPS) is 10.1. The first-order chi connectivity index (χ1) is 12.9. The number of unbranched alkanes of at least 4 members (excludes halogenated alkanes) is 1. The number of aromatic carboxylic acids is 1. The standard InChI is InChI=1S/C19H19ClN2O4S/c1-2-3-10-26-14-7-4-12(5-8-14)17(23)22-19(27)21-13-6-9-16(20)15(11-13)18(24)25/h4-9,11H,2-3,10H2,1H3,(H,24,25)(H2,21,22,23,27)/p-1. The quantitative estimate of drug-likeness (QED) is 0.543. The second-order valence-corrected chi connectivity index (χ2v) is 6.43. The van der Waals surface area contributed by atoms with Crippen molar-refractivity contribution in [3.8, 4) is 5.75 Å². The van der Waals surface area contributed by atoms with Gasteiger partial charge in [0, 0.05) is 21.8 Å². The molecule has 1 amide bonds. The Morgan fingerprint density at radius 1 is 1.19 bits per heavy atom. The molecule has 2 aromatic carbocycles. The van der Waals surface area contributed by atoms with Crippen LogP contribution in [0.4, 0.5) is 5.69 Å². The number of nitrogens with one attached hydrogen (secondary N) is 2. The summed E-state index contributed by atoms with van der Waals surface area (Å²) in [4.78, 5) is 23.2. The van der Waals surface area contributed by atoms with Gasteiger partial charge in [0.2, 0.25) is 0 Å². The Kier molecular flexibility index (Phi) is 7.57. The van der Waals surface area contributed by atoms with Gasteiger partial charge in [0.05, 0.1) is 12.6 Å². The van der Waals surface area contributed by atoms with Crippen LogP contribution >= 0.6 is 23.8 Å². The highest BCUT2D eigenvalue weighted by Gasteiger charge is 2.09. The summed E-state index contributed by atoms with van der Waals surface area (Å²) < 4.78 is 5.55. The lowest BCUT2D eigenvalue weighted by atomic mass is 10.2. The van der Waals surface area contributed by atoms with Crippen molar-refractivity contribution in [2.75, 3.05) is 11.9 Å². The zero-order chi connectivity index (χ0) is 19.8. The molecule has 0 aliphatic carbocycles. The van der Waals surface area contributed by atoms with Crippen LogP contribution in [-0.4, -0.2) is 23.6 Å². The molecule has 0 radical (unpaired) electrons. The number of anilines is 1. The summed E-state index contributed by atoms with van der Waals surface area (Å²) in [6.45, 7) is 2.71. The minimum atomic E-state index is -1.40. The molecule has 0 heterocycles. The van der Waals surface area contributed by atoms with Gasteiger partial charge in [0.25, 0.3) is 5.91 Å². The SMILES string of the molecule is CCCCOc1ccc(C(=O)NC(=S)Nc2ccc(Cl)c(C(=O)[O-])c2)cc1. The van der Waals surface area contributed by atoms with Gasteiger partial charge in [-0.25, -0.2) is 0 Å². The molecular weight excluding hydrogens is 388 g/mol. The van der Waals surface area contributed by atoms with Crippen LogP contribution in [0, 0.1) is 0 Å². The molecule has 2 rings (SSSR count). The molecule has 0 unspecified atom stereocenters. The van der Waals surface area contributed by atoms with Crippen LogP contribution in [0.15, 0.2) is 42.5 Å². The van der Waals surface area contributed by atoms with Crippen molar-refractivity contribution in [1.29, 1.82) is 0 Å². The average molecular weight is 406 g/mol. The molecule has 2 aromatic rings. The molecule has 0 aliphatic heterocycles. The third kappa shape index (κ3) is 6.23. The van der Waals surface area contributed by atoms with E-state index in [1.54, 1.807) is 24.3 Å². The molecule has 0 aliphatic rings. The molecule has 142 valence electrons. The van der Waals surface area contributed by atoms with Crippen LogP contribution in [0.1, 0.15) is 40.5 Å². The van der Waals surface area contributed by atoms with Gasteiger partial charge < -0.3 is 20.0 Å². The number of carbonyl (C=O) groups is 2. The highest BCUT2D eigenvalue weighted by Crippen LogP contribution is 2.20. The molecule has 0 saturated heterocycles. The number of hydrogen-bond acceptors (Lipinski definition) is 5. The van der Waals surface area contributed by atoms with E-state index in [1.165, 1.54) is 18.2 Å². The maximum Gasteiger partial charge on any atom is 0.257 e. The highest BCUT2D eigenvalue weighted by molar-refractivity contribution is 7.80. The maximum absolute atomic E-state index is 12.2. The maximum atomic E-state index is 12.2. The van der Waals surface area contributed by atoms with Crippen molar-refractivity contribution in [3.05, 3.63) is 58.6 Å². The fourth-order valence-electron chi connectivity index (χ4n) is 2.13. The largest absolute Gasteiger partial charge is 0.545 e.